The van der Waals surface area contributed by atoms with Crippen LogP contribution in [-0.4, -0.2) is 67.6 Å². The van der Waals surface area contributed by atoms with Gasteiger partial charge in [0.1, 0.15) is 5.75 Å². The van der Waals surface area contributed by atoms with Crippen LogP contribution in [-0.2, 0) is 27.9 Å². The largest absolute Gasteiger partial charge is 0.498 e. The van der Waals surface area contributed by atoms with E-state index in [0.717, 1.165) is 5.46 Å². The van der Waals surface area contributed by atoms with Gasteiger partial charge in [-0.1, -0.05) is 12.1 Å². The first-order chi connectivity index (χ1) is 17.3. The van der Waals surface area contributed by atoms with Crippen molar-refractivity contribution in [2.75, 3.05) is 7.11 Å². The monoisotopic (exact) mass is 528 g/mol. The summed E-state index contributed by atoms with van der Waals surface area (Å²) in [6, 6.07) is 5.35. The maximum absolute atomic E-state index is 11.9. The van der Waals surface area contributed by atoms with Crippen molar-refractivity contribution in [1.82, 2.24) is 0 Å². The highest BCUT2D eigenvalue weighted by Gasteiger charge is 2.65. The third-order valence-electron chi connectivity index (χ3n) is 9.57. The second kappa shape index (κ2) is 9.35. The zero-order valence-electron chi connectivity index (χ0n) is 25.1. The molecule has 3 fully saturated rings. The summed E-state index contributed by atoms with van der Waals surface area (Å²) >= 11 is 0. The van der Waals surface area contributed by atoms with Gasteiger partial charge in [-0.25, -0.2) is 0 Å². The molecule has 1 aromatic carbocycles. The molecule has 0 amide bonds. The van der Waals surface area contributed by atoms with Crippen LogP contribution >= 0.6 is 0 Å². The van der Waals surface area contributed by atoms with Gasteiger partial charge in [-0.3, -0.25) is 4.79 Å². The molecule has 4 rings (SSSR count). The van der Waals surface area contributed by atoms with E-state index in [4.69, 9.17) is 32.7 Å². The molecule has 208 valence electrons. The molecule has 0 aliphatic carbocycles. The van der Waals surface area contributed by atoms with Gasteiger partial charge in [-0.05, 0) is 95.1 Å². The molecule has 0 aromatic heterocycles. The molecular formula is C27H43B3O8. The topological polar surface area (TPSA) is 81.7 Å². The van der Waals surface area contributed by atoms with E-state index in [0.29, 0.717) is 24.2 Å². The van der Waals surface area contributed by atoms with Crippen molar-refractivity contribution in [2.45, 2.75) is 123 Å². The van der Waals surface area contributed by atoms with Crippen molar-refractivity contribution in [3.8, 4) is 5.75 Å². The molecule has 0 N–H and O–H groups in total. The lowest BCUT2D eigenvalue weighted by molar-refractivity contribution is -0.0576. The summed E-state index contributed by atoms with van der Waals surface area (Å²) in [4.78, 5) is 11.9. The summed E-state index contributed by atoms with van der Waals surface area (Å²) in [5.74, 6) is 0.537. The summed E-state index contributed by atoms with van der Waals surface area (Å²) in [5, 5.41) is 0. The van der Waals surface area contributed by atoms with E-state index in [1.165, 1.54) is 6.92 Å². The third-order valence-corrected chi connectivity index (χ3v) is 9.57. The van der Waals surface area contributed by atoms with Gasteiger partial charge in [0.15, 0.2) is 5.78 Å². The first-order valence-electron chi connectivity index (χ1n) is 13.5. The summed E-state index contributed by atoms with van der Waals surface area (Å²) in [5.41, 5.74) is -2.07. The molecule has 3 heterocycles. The standard InChI is InChI=1S/C27H43B3O8/c1-18(31)19-13-14-20(21(17-19)32-12)28-33-24(6,7)26(10,37-28)15-16-27(11)25(8,9)36-30(38-27)29-34-22(2,3)23(4,5)35-29/h13-14,17H,15-16H2,1-12H3. The molecule has 2 unspecified atom stereocenters. The minimum Gasteiger partial charge on any atom is -0.497 e. The Morgan fingerprint density at radius 2 is 1.18 bits per heavy atom. The lowest BCUT2D eigenvalue weighted by atomic mass is 9.49. The minimum atomic E-state index is -0.644. The Kier molecular flexibility index (Phi) is 7.29. The van der Waals surface area contributed by atoms with Crippen molar-refractivity contribution in [2.24, 2.45) is 0 Å². The third kappa shape index (κ3) is 4.88. The van der Waals surface area contributed by atoms with Gasteiger partial charge < -0.3 is 32.7 Å². The maximum atomic E-state index is 11.9. The number of ether oxygens (including phenoxy) is 1. The number of hydrogen-bond donors (Lipinski definition) is 0. The highest BCUT2D eigenvalue weighted by molar-refractivity contribution is 7.11. The van der Waals surface area contributed by atoms with Crippen molar-refractivity contribution < 1.29 is 37.5 Å². The molecule has 11 heteroatoms. The SMILES string of the molecule is COc1cc(C(C)=O)ccc1B1OC(C)(C)C(C)(CCC2(C)OB(B3OC(C)(C)C(C)(C)O3)OC2(C)C)O1. The molecule has 3 aliphatic rings. The number of benzene rings is 1. The Labute approximate surface area is 229 Å². The Hall–Kier alpha value is -1.36. The van der Waals surface area contributed by atoms with Crippen LogP contribution in [0.25, 0.3) is 0 Å². The predicted molar refractivity (Wildman–Crippen MR) is 149 cm³/mol. The first kappa shape index (κ1) is 29.6. The van der Waals surface area contributed by atoms with E-state index in [1.807, 2.05) is 61.5 Å². The van der Waals surface area contributed by atoms with E-state index in [9.17, 15) is 4.79 Å². The Morgan fingerprint density at radius 3 is 1.71 bits per heavy atom. The van der Waals surface area contributed by atoms with E-state index in [1.54, 1.807) is 19.2 Å². The summed E-state index contributed by atoms with van der Waals surface area (Å²) < 4.78 is 44.1. The van der Waals surface area contributed by atoms with Crippen LogP contribution in [0.1, 0.15) is 99.4 Å². The number of hydrogen-bond acceptors (Lipinski definition) is 8. The first-order valence-corrected chi connectivity index (χ1v) is 13.5. The quantitative estimate of drug-likeness (QED) is 0.385. The second-order valence-corrected chi connectivity index (χ2v) is 13.3. The fourth-order valence-corrected chi connectivity index (χ4v) is 5.19. The van der Waals surface area contributed by atoms with E-state index in [2.05, 4.69) is 13.8 Å². The highest BCUT2D eigenvalue weighted by Crippen LogP contribution is 2.48. The molecule has 0 saturated carbocycles. The van der Waals surface area contributed by atoms with Crippen LogP contribution in [0.15, 0.2) is 18.2 Å². The van der Waals surface area contributed by atoms with E-state index in [-0.39, 0.29) is 5.78 Å². The average Bonchev–Trinajstić information content (AvgIpc) is 3.28. The highest BCUT2D eigenvalue weighted by atomic mass is 16.7. The molecule has 3 aliphatic heterocycles. The molecule has 0 radical (unpaired) electrons. The van der Waals surface area contributed by atoms with Crippen LogP contribution in [0.2, 0.25) is 0 Å². The van der Waals surface area contributed by atoms with E-state index < -0.39 is 54.7 Å². The molecular weight excluding hydrogens is 485 g/mol. The lowest BCUT2D eigenvalue weighted by Crippen LogP contribution is -2.50. The smallest absolute Gasteiger partial charge is 0.497 e. The Bertz CT molecular complexity index is 1070. The molecule has 0 spiro atoms. The number of carbonyl (C=O) groups excluding carboxylic acids is 1. The molecule has 8 nitrogen and oxygen atoms in total. The predicted octanol–water partition coefficient (Wildman–Crippen LogP) is 4.20. The minimum absolute atomic E-state index is 0.0262. The van der Waals surface area contributed by atoms with Gasteiger partial charge in [-0.2, -0.15) is 0 Å². The summed E-state index contributed by atoms with van der Waals surface area (Å²) in [7, 11) is -0.313. The molecule has 3 saturated heterocycles. The maximum Gasteiger partial charge on any atom is 0.498 e. The van der Waals surface area contributed by atoms with Gasteiger partial charge in [0.25, 0.3) is 0 Å². The van der Waals surface area contributed by atoms with Crippen LogP contribution in [0.5, 0.6) is 5.75 Å². The number of Topliss-reactive ketones (excluding diaryl/α,β-unsaturated/α-hetero) is 1. The van der Waals surface area contributed by atoms with E-state index >= 15 is 0 Å². The van der Waals surface area contributed by atoms with Crippen LogP contribution in [0.4, 0.5) is 0 Å². The number of methoxy groups -OCH3 is 1. The molecule has 1 aromatic rings. The molecule has 2 atom stereocenters. The zero-order valence-corrected chi connectivity index (χ0v) is 25.1. The Morgan fingerprint density at radius 1 is 0.711 bits per heavy atom. The van der Waals surface area contributed by atoms with Gasteiger partial charge >= 0.3 is 21.1 Å². The van der Waals surface area contributed by atoms with Crippen molar-refractivity contribution in [1.29, 1.82) is 0 Å². The lowest BCUT2D eigenvalue weighted by Gasteiger charge is -2.42. The van der Waals surface area contributed by atoms with Gasteiger partial charge in [0.05, 0.1) is 40.7 Å². The number of carbonyl (C=O) groups is 1. The number of ketones is 1. The zero-order chi connectivity index (χ0) is 28.5. The van der Waals surface area contributed by atoms with Gasteiger partial charge in [0, 0.05) is 11.0 Å². The second-order valence-electron chi connectivity index (χ2n) is 13.3. The number of rotatable bonds is 7. The van der Waals surface area contributed by atoms with Crippen LogP contribution < -0.4 is 10.2 Å². The summed E-state index contributed by atoms with van der Waals surface area (Å²) in [6.07, 6.45) is 1.32. The van der Waals surface area contributed by atoms with Crippen LogP contribution in [0.3, 0.4) is 0 Å². The normalized spacial score (nSPS) is 31.2. The molecule has 0 bridgehead atoms. The van der Waals surface area contributed by atoms with Gasteiger partial charge in [0.2, 0.25) is 0 Å². The van der Waals surface area contributed by atoms with Crippen molar-refractivity contribution >= 4 is 32.4 Å². The van der Waals surface area contributed by atoms with Gasteiger partial charge in [-0.15, -0.1) is 0 Å². The van der Waals surface area contributed by atoms with Crippen molar-refractivity contribution in [3.63, 3.8) is 0 Å². The molecule has 38 heavy (non-hydrogen) atoms. The van der Waals surface area contributed by atoms with Crippen molar-refractivity contribution in [3.05, 3.63) is 23.8 Å². The fourth-order valence-electron chi connectivity index (χ4n) is 5.19. The van der Waals surface area contributed by atoms with Crippen LogP contribution in [0, 0.1) is 0 Å². The fraction of sp³-hybridized carbons (Fsp3) is 0.741. The summed E-state index contributed by atoms with van der Waals surface area (Å²) in [6.45, 7) is 21.9. The average molecular weight is 528 g/mol. The Balaban J connectivity index is 1.50.